The molecule has 1 fully saturated rings. The minimum atomic E-state index is -4.61. The number of benzene rings is 2. The van der Waals surface area contributed by atoms with Crippen molar-refractivity contribution in [1.29, 1.82) is 0 Å². The van der Waals surface area contributed by atoms with Crippen LogP contribution in [0.15, 0.2) is 72.7 Å². The molecule has 194 valence electrons. The van der Waals surface area contributed by atoms with E-state index in [1.165, 1.54) is 16.0 Å². The van der Waals surface area contributed by atoms with Crippen LogP contribution in [0.25, 0.3) is 10.9 Å². The summed E-state index contributed by atoms with van der Waals surface area (Å²) < 4.78 is 45.1. The van der Waals surface area contributed by atoms with Crippen LogP contribution in [0, 0.1) is 6.92 Å². The van der Waals surface area contributed by atoms with Crippen LogP contribution in [0.5, 0.6) is 5.75 Å². The second-order valence-electron chi connectivity index (χ2n) is 9.45. The summed E-state index contributed by atoms with van der Waals surface area (Å²) in [6.45, 7) is 10.4. The van der Waals surface area contributed by atoms with E-state index in [0.29, 0.717) is 17.1 Å². The molecule has 3 aromatic rings. The third-order valence-electron chi connectivity index (χ3n) is 6.91. The quantitative estimate of drug-likeness (QED) is 0.524. The van der Waals surface area contributed by atoms with Crippen molar-refractivity contribution in [3.8, 4) is 5.75 Å². The summed E-state index contributed by atoms with van der Waals surface area (Å²) in [5, 5.41) is 1.17. The van der Waals surface area contributed by atoms with Crippen molar-refractivity contribution < 1.29 is 17.9 Å². The van der Waals surface area contributed by atoms with E-state index in [-0.39, 0.29) is 6.61 Å². The second-order valence-corrected chi connectivity index (χ2v) is 9.45. The lowest BCUT2D eigenvalue weighted by Gasteiger charge is -2.37. The molecule has 0 atom stereocenters. The molecule has 0 unspecified atom stereocenters. The largest absolute Gasteiger partial charge is 0.485 e. The van der Waals surface area contributed by atoms with Gasteiger partial charge in [0.2, 0.25) is 0 Å². The predicted molar refractivity (Wildman–Crippen MR) is 141 cm³/mol. The van der Waals surface area contributed by atoms with Crippen LogP contribution < -0.4 is 20.3 Å². The molecule has 0 bridgehead atoms. The Morgan fingerprint density at radius 3 is 2.54 bits per heavy atom. The number of nitrogens with zero attached hydrogens (tertiary/aromatic N) is 4. The van der Waals surface area contributed by atoms with Gasteiger partial charge in [-0.15, -0.1) is 0 Å². The van der Waals surface area contributed by atoms with Crippen molar-refractivity contribution >= 4 is 22.3 Å². The van der Waals surface area contributed by atoms with E-state index in [4.69, 9.17) is 10.5 Å². The number of para-hydroxylation sites is 1. The number of allylic oxidation sites excluding steroid dienone is 1. The van der Waals surface area contributed by atoms with Gasteiger partial charge in [-0.1, -0.05) is 24.8 Å². The number of aryl methyl sites for hydroxylation is 1. The number of ether oxygens (including phenoxy) is 1. The number of aromatic nitrogens is 1. The first-order chi connectivity index (χ1) is 17.7. The van der Waals surface area contributed by atoms with Gasteiger partial charge in [0.05, 0.1) is 16.9 Å². The van der Waals surface area contributed by atoms with Gasteiger partial charge in [-0.25, -0.2) is 0 Å². The Labute approximate surface area is 214 Å². The van der Waals surface area contributed by atoms with Gasteiger partial charge >= 0.3 is 6.18 Å². The molecule has 0 spiro atoms. The number of fused-ring (bicyclic) bond motifs is 2. The first kappa shape index (κ1) is 25.0. The maximum Gasteiger partial charge on any atom is 0.432 e. The maximum absolute atomic E-state index is 13.0. The zero-order valence-electron chi connectivity index (χ0n) is 20.8. The first-order valence-corrected chi connectivity index (χ1v) is 12.3. The van der Waals surface area contributed by atoms with Crippen molar-refractivity contribution in [3.63, 3.8) is 0 Å². The van der Waals surface area contributed by atoms with Crippen molar-refractivity contribution in [1.82, 2.24) is 9.88 Å². The molecular formula is C28H30F3N5O. The number of rotatable bonds is 5. The van der Waals surface area contributed by atoms with E-state index >= 15 is 0 Å². The SMILES string of the molecule is C=C1COc2c(CCN3CCN(c4cccc5nc(C)ccc45)CC3)cccc2N1/C=C(\N)C(F)(F)F. The molecule has 9 heteroatoms. The average Bonchev–Trinajstić information content (AvgIpc) is 2.88. The van der Waals surface area contributed by atoms with Gasteiger partial charge in [0, 0.05) is 55.7 Å². The highest BCUT2D eigenvalue weighted by atomic mass is 19.4. The molecule has 1 aromatic heterocycles. The first-order valence-electron chi connectivity index (χ1n) is 12.3. The third-order valence-corrected chi connectivity index (χ3v) is 6.91. The minimum absolute atomic E-state index is 0.101. The van der Waals surface area contributed by atoms with E-state index in [2.05, 4.69) is 39.6 Å². The molecule has 0 amide bonds. The topological polar surface area (TPSA) is 57.9 Å². The van der Waals surface area contributed by atoms with Gasteiger partial charge < -0.3 is 20.3 Å². The zero-order chi connectivity index (χ0) is 26.2. The van der Waals surface area contributed by atoms with Crippen molar-refractivity contribution in [2.75, 3.05) is 49.1 Å². The lowest BCUT2D eigenvalue weighted by Crippen LogP contribution is -2.47. The Kier molecular flexibility index (Phi) is 6.72. The zero-order valence-corrected chi connectivity index (χ0v) is 20.8. The van der Waals surface area contributed by atoms with E-state index in [9.17, 15) is 13.2 Å². The van der Waals surface area contributed by atoms with Crippen LogP contribution in [0.1, 0.15) is 11.3 Å². The number of pyridine rings is 1. The summed E-state index contributed by atoms with van der Waals surface area (Å²) in [6, 6.07) is 16.0. The number of nitrogens with two attached hydrogens (primary N) is 1. The highest BCUT2D eigenvalue weighted by Gasteiger charge is 2.33. The Balaban J connectivity index is 1.25. The van der Waals surface area contributed by atoms with E-state index < -0.39 is 11.9 Å². The van der Waals surface area contributed by atoms with Crippen LogP contribution in [-0.4, -0.2) is 55.4 Å². The van der Waals surface area contributed by atoms with Crippen LogP contribution in [0.3, 0.4) is 0 Å². The Hall–Kier alpha value is -3.72. The summed E-state index contributed by atoms with van der Waals surface area (Å²) in [4.78, 5) is 10.9. The van der Waals surface area contributed by atoms with Crippen molar-refractivity contribution in [2.45, 2.75) is 19.5 Å². The van der Waals surface area contributed by atoms with Crippen LogP contribution in [0.2, 0.25) is 0 Å². The molecule has 0 aliphatic carbocycles. The molecule has 6 nitrogen and oxygen atoms in total. The number of piperazine rings is 1. The molecule has 0 radical (unpaired) electrons. The molecule has 2 N–H and O–H groups in total. The molecule has 5 rings (SSSR count). The molecule has 3 heterocycles. The number of hydrogen-bond donors (Lipinski definition) is 1. The Morgan fingerprint density at radius 2 is 1.78 bits per heavy atom. The summed E-state index contributed by atoms with van der Waals surface area (Å²) in [5.41, 5.74) is 9.20. The smallest absolute Gasteiger partial charge is 0.432 e. The minimum Gasteiger partial charge on any atom is -0.485 e. The van der Waals surface area contributed by atoms with Gasteiger partial charge in [0.1, 0.15) is 18.1 Å². The average molecular weight is 510 g/mol. The van der Waals surface area contributed by atoms with Crippen molar-refractivity contribution in [2.24, 2.45) is 5.73 Å². The van der Waals surface area contributed by atoms with Crippen molar-refractivity contribution in [3.05, 3.63) is 84.0 Å². The number of hydrogen-bond acceptors (Lipinski definition) is 6. The fourth-order valence-electron chi connectivity index (χ4n) is 4.90. The lowest BCUT2D eigenvalue weighted by molar-refractivity contribution is -0.0928. The predicted octanol–water partition coefficient (Wildman–Crippen LogP) is 4.98. The van der Waals surface area contributed by atoms with E-state index in [0.717, 1.165) is 62.1 Å². The van der Waals surface area contributed by atoms with Gasteiger partial charge in [-0.05, 0) is 49.2 Å². The molecular weight excluding hydrogens is 479 g/mol. The highest BCUT2D eigenvalue weighted by Crippen LogP contribution is 2.39. The van der Waals surface area contributed by atoms with Crippen LogP contribution in [-0.2, 0) is 6.42 Å². The van der Waals surface area contributed by atoms with Gasteiger partial charge in [0.15, 0.2) is 0 Å². The van der Waals surface area contributed by atoms with E-state index in [1.54, 1.807) is 6.07 Å². The van der Waals surface area contributed by atoms with E-state index in [1.807, 2.05) is 31.2 Å². The highest BCUT2D eigenvalue weighted by molar-refractivity contribution is 5.92. The number of halogens is 3. The molecule has 2 aromatic carbocycles. The molecule has 2 aliphatic heterocycles. The standard InChI is InChI=1S/C28H30F3N5O/c1-19-9-10-22-23(33-19)6-4-7-24(22)35-15-13-34(14-16-35)12-11-21-5-3-8-25-27(21)37-18-20(2)36(25)17-26(32)28(29,30)31/h3-10,17H,2,11-16,18,32H2,1H3/b26-17-. The van der Waals surface area contributed by atoms with Crippen LogP contribution >= 0.6 is 0 Å². The van der Waals surface area contributed by atoms with Gasteiger partial charge in [-0.2, -0.15) is 13.2 Å². The second kappa shape index (κ2) is 9.97. The maximum atomic E-state index is 13.0. The monoisotopic (exact) mass is 509 g/mol. The Morgan fingerprint density at radius 1 is 1.05 bits per heavy atom. The van der Waals surface area contributed by atoms with Gasteiger partial charge in [0.25, 0.3) is 0 Å². The summed E-state index contributed by atoms with van der Waals surface area (Å²) in [6.07, 6.45) is -3.00. The molecule has 37 heavy (non-hydrogen) atoms. The molecule has 0 saturated carbocycles. The molecule has 1 saturated heterocycles. The van der Waals surface area contributed by atoms with Gasteiger partial charge in [-0.3, -0.25) is 9.88 Å². The summed E-state index contributed by atoms with van der Waals surface area (Å²) >= 11 is 0. The lowest BCUT2D eigenvalue weighted by atomic mass is 10.1. The third kappa shape index (κ3) is 5.22. The normalized spacial score (nSPS) is 17.2. The molecule has 2 aliphatic rings. The fourth-order valence-corrected chi connectivity index (χ4v) is 4.90. The van der Waals surface area contributed by atoms with Crippen LogP contribution in [0.4, 0.5) is 24.5 Å². The number of anilines is 2. The number of alkyl halides is 3. The Bertz CT molecular complexity index is 1350. The summed E-state index contributed by atoms with van der Waals surface area (Å²) in [7, 11) is 0. The fraction of sp³-hybridized carbons (Fsp3) is 0.321. The summed E-state index contributed by atoms with van der Waals surface area (Å²) in [5.74, 6) is 0.582.